The second-order valence-corrected chi connectivity index (χ2v) is 17.0. The van der Waals surface area contributed by atoms with Gasteiger partial charge in [-0.25, -0.2) is 0 Å². The molecule has 0 atom stereocenters. The van der Waals surface area contributed by atoms with Crippen molar-refractivity contribution in [2.75, 3.05) is 4.90 Å². The van der Waals surface area contributed by atoms with E-state index in [1.807, 2.05) is 0 Å². The second-order valence-electron chi connectivity index (χ2n) is 17.0. The lowest BCUT2D eigenvalue weighted by atomic mass is 9.67. The van der Waals surface area contributed by atoms with E-state index < -0.39 is 10.8 Å². The van der Waals surface area contributed by atoms with Crippen molar-refractivity contribution in [3.8, 4) is 22.3 Å². The number of rotatable bonds is 7. The van der Waals surface area contributed by atoms with E-state index in [-0.39, 0.29) is 0 Å². The van der Waals surface area contributed by atoms with Crippen molar-refractivity contribution < 1.29 is 4.42 Å². The summed E-state index contributed by atoms with van der Waals surface area (Å²) >= 11 is 0. The molecule has 0 radical (unpaired) electrons. The summed E-state index contributed by atoms with van der Waals surface area (Å²) in [5, 5.41) is 2.17. The molecule has 2 aliphatic carbocycles. The SMILES string of the molecule is c1ccc(N(c2cccc3c2-c2ccccc2C3(c2ccccc2)c2ccccc2)c2cccc3c2oc2c(C4(c5ccccc5)c5ccccc5-c5ccccc54)cccc23)cc1. The standard InChI is InChI=1S/C62H41NO/c1-5-22-42(23-6-1)61(43-24-7-2-8-25-43)53-37-18-15-32-50(53)58-54(61)38-21-40-56(58)63(45-28-11-4-12-29-45)57-41-20-34-49-48-33-19-39-55(59(48)64-60(49)57)62(44-26-9-3-10-27-44)51-35-16-13-30-46(51)47-31-14-17-36-52(47)62/h1-41H. The monoisotopic (exact) mass is 815 g/mol. The highest BCUT2D eigenvalue weighted by Gasteiger charge is 2.49. The van der Waals surface area contributed by atoms with Gasteiger partial charge in [0.25, 0.3) is 0 Å². The first-order valence-corrected chi connectivity index (χ1v) is 22.2. The van der Waals surface area contributed by atoms with E-state index >= 15 is 0 Å². The van der Waals surface area contributed by atoms with Crippen LogP contribution in [-0.2, 0) is 10.8 Å². The molecule has 0 aliphatic heterocycles. The van der Waals surface area contributed by atoms with Crippen molar-refractivity contribution in [1.29, 1.82) is 0 Å². The molecule has 0 saturated carbocycles. The fourth-order valence-electron chi connectivity index (χ4n) is 11.6. The largest absolute Gasteiger partial charge is 0.453 e. The predicted octanol–water partition coefficient (Wildman–Crippen LogP) is 15.8. The lowest BCUT2D eigenvalue weighted by molar-refractivity contribution is 0.648. The summed E-state index contributed by atoms with van der Waals surface area (Å²) in [5.74, 6) is 0. The zero-order valence-corrected chi connectivity index (χ0v) is 35.0. The van der Waals surface area contributed by atoms with E-state index in [1.54, 1.807) is 0 Å². The van der Waals surface area contributed by atoms with E-state index in [0.717, 1.165) is 44.6 Å². The van der Waals surface area contributed by atoms with Gasteiger partial charge >= 0.3 is 0 Å². The van der Waals surface area contributed by atoms with Gasteiger partial charge in [0, 0.05) is 27.6 Å². The summed E-state index contributed by atoms with van der Waals surface area (Å²) in [6.45, 7) is 0. The van der Waals surface area contributed by atoms with Crippen molar-refractivity contribution in [3.05, 3.63) is 293 Å². The zero-order chi connectivity index (χ0) is 42.2. The first-order chi connectivity index (χ1) is 31.8. The van der Waals surface area contributed by atoms with Crippen LogP contribution in [0, 0.1) is 0 Å². The van der Waals surface area contributed by atoms with Gasteiger partial charge in [-0.2, -0.15) is 0 Å². The normalized spacial score (nSPS) is 13.9. The maximum absolute atomic E-state index is 7.55. The van der Waals surface area contributed by atoms with Gasteiger partial charge < -0.3 is 9.32 Å². The third-order valence-corrected chi connectivity index (χ3v) is 14.0. The summed E-state index contributed by atoms with van der Waals surface area (Å²) in [7, 11) is 0. The van der Waals surface area contributed by atoms with Crippen LogP contribution >= 0.6 is 0 Å². The Balaban J connectivity index is 1.11. The molecule has 300 valence electrons. The maximum atomic E-state index is 7.55. The van der Waals surface area contributed by atoms with E-state index in [4.69, 9.17) is 4.42 Å². The number of benzene rings is 10. The van der Waals surface area contributed by atoms with Crippen LogP contribution in [0.5, 0.6) is 0 Å². The Kier molecular flexibility index (Phi) is 8.07. The number of hydrogen-bond acceptors (Lipinski definition) is 2. The number of anilines is 3. The highest BCUT2D eigenvalue weighted by Crippen LogP contribution is 2.61. The van der Waals surface area contributed by atoms with Gasteiger partial charge in [-0.05, 0) is 79.9 Å². The minimum Gasteiger partial charge on any atom is -0.453 e. The summed E-state index contributed by atoms with van der Waals surface area (Å²) in [6, 6.07) is 90.9. The van der Waals surface area contributed by atoms with Gasteiger partial charge in [-0.15, -0.1) is 0 Å². The molecule has 0 bridgehead atoms. The molecule has 1 heterocycles. The molecule has 0 fully saturated rings. The molecule has 13 rings (SSSR count). The average Bonchev–Trinajstić information content (AvgIpc) is 4.01. The van der Waals surface area contributed by atoms with Crippen molar-refractivity contribution in [2.45, 2.75) is 10.8 Å². The van der Waals surface area contributed by atoms with Crippen LogP contribution in [0.15, 0.2) is 253 Å². The first-order valence-electron chi connectivity index (χ1n) is 22.2. The van der Waals surface area contributed by atoms with Crippen LogP contribution in [-0.4, -0.2) is 0 Å². The van der Waals surface area contributed by atoms with Crippen molar-refractivity contribution in [3.63, 3.8) is 0 Å². The smallest absolute Gasteiger partial charge is 0.159 e. The topological polar surface area (TPSA) is 16.4 Å². The predicted molar refractivity (Wildman–Crippen MR) is 263 cm³/mol. The van der Waals surface area contributed by atoms with Crippen molar-refractivity contribution in [2.24, 2.45) is 0 Å². The molecule has 0 unspecified atom stereocenters. The van der Waals surface area contributed by atoms with Crippen molar-refractivity contribution in [1.82, 2.24) is 0 Å². The van der Waals surface area contributed by atoms with Crippen LogP contribution in [0.1, 0.15) is 44.5 Å². The molecule has 1 aromatic heterocycles. The van der Waals surface area contributed by atoms with Crippen LogP contribution in [0.3, 0.4) is 0 Å². The minimum atomic E-state index is -0.608. The highest BCUT2D eigenvalue weighted by atomic mass is 16.3. The molecule has 11 aromatic rings. The summed E-state index contributed by atoms with van der Waals surface area (Å²) < 4.78 is 7.55. The number of hydrogen-bond donors (Lipinski definition) is 0. The number of fused-ring (bicyclic) bond motifs is 9. The lowest BCUT2D eigenvalue weighted by Crippen LogP contribution is -2.28. The van der Waals surface area contributed by atoms with Crippen LogP contribution in [0.2, 0.25) is 0 Å². The van der Waals surface area contributed by atoms with Gasteiger partial charge in [-0.3, -0.25) is 0 Å². The Morgan fingerprint density at radius 3 is 1.28 bits per heavy atom. The first kappa shape index (κ1) is 36.5. The fraction of sp³-hybridized carbons (Fsp3) is 0.0323. The van der Waals surface area contributed by atoms with Gasteiger partial charge in [0.05, 0.1) is 22.2 Å². The van der Waals surface area contributed by atoms with E-state index in [2.05, 4.69) is 254 Å². The van der Waals surface area contributed by atoms with Gasteiger partial charge in [0.2, 0.25) is 0 Å². The zero-order valence-electron chi connectivity index (χ0n) is 35.0. The average molecular weight is 816 g/mol. The van der Waals surface area contributed by atoms with Gasteiger partial charge in [0.15, 0.2) is 5.58 Å². The Bertz CT molecular complexity index is 3470. The van der Waals surface area contributed by atoms with Crippen molar-refractivity contribution >= 4 is 39.0 Å². The third kappa shape index (κ3) is 4.91. The molecule has 0 amide bonds. The lowest BCUT2D eigenvalue weighted by Gasteiger charge is -2.34. The van der Waals surface area contributed by atoms with Crippen LogP contribution in [0.4, 0.5) is 17.1 Å². The van der Waals surface area contributed by atoms with Gasteiger partial charge in [0.1, 0.15) is 5.58 Å². The fourth-order valence-corrected chi connectivity index (χ4v) is 11.6. The van der Waals surface area contributed by atoms with Crippen LogP contribution in [0.25, 0.3) is 44.2 Å². The Morgan fingerprint density at radius 1 is 0.281 bits per heavy atom. The Hall–Kier alpha value is -8.20. The molecule has 2 heteroatoms. The molecule has 64 heavy (non-hydrogen) atoms. The van der Waals surface area contributed by atoms with E-state index in [1.165, 1.54) is 61.2 Å². The molecular formula is C62H41NO. The summed E-state index contributed by atoms with van der Waals surface area (Å²) in [5.41, 5.74) is 18.6. The Labute approximate surface area is 373 Å². The quantitative estimate of drug-likeness (QED) is 0.159. The number of nitrogens with zero attached hydrogens (tertiary/aromatic N) is 1. The van der Waals surface area contributed by atoms with E-state index in [0.29, 0.717) is 0 Å². The molecule has 2 nitrogen and oxygen atoms in total. The molecule has 2 aliphatic rings. The number of para-hydroxylation sites is 3. The maximum Gasteiger partial charge on any atom is 0.159 e. The summed E-state index contributed by atoms with van der Waals surface area (Å²) in [6.07, 6.45) is 0. The number of furan rings is 1. The molecule has 0 N–H and O–H groups in total. The summed E-state index contributed by atoms with van der Waals surface area (Å²) in [4.78, 5) is 2.43. The highest BCUT2D eigenvalue weighted by molar-refractivity contribution is 6.12. The van der Waals surface area contributed by atoms with E-state index in [9.17, 15) is 0 Å². The molecule has 10 aromatic carbocycles. The third-order valence-electron chi connectivity index (χ3n) is 14.0. The molecular weight excluding hydrogens is 775 g/mol. The van der Waals surface area contributed by atoms with Gasteiger partial charge in [-0.1, -0.05) is 224 Å². The van der Waals surface area contributed by atoms with Crippen LogP contribution < -0.4 is 4.90 Å². The second kappa shape index (κ2) is 14.2. The minimum absolute atomic E-state index is 0.535. The molecule has 0 saturated heterocycles. The Morgan fingerprint density at radius 2 is 0.688 bits per heavy atom. The molecule has 0 spiro atoms.